The molecular weight excluding hydrogens is 541 g/mol. The molecule has 1 aliphatic rings. The van der Waals surface area contributed by atoms with Gasteiger partial charge in [-0.3, -0.25) is 24.0 Å². The molecule has 0 aromatic heterocycles. The molecule has 1 heterocycles. The van der Waals surface area contributed by atoms with Crippen molar-refractivity contribution >= 4 is 52.6 Å². The van der Waals surface area contributed by atoms with E-state index in [1.54, 1.807) is 23.2 Å². The fourth-order valence-electron chi connectivity index (χ4n) is 3.72. The van der Waals surface area contributed by atoms with Gasteiger partial charge in [-0.1, -0.05) is 68.1 Å². The minimum atomic E-state index is -0.00592. The van der Waals surface area contributed by atoms with Crippen molar-refractivity contribution in [2.75, 3.05) is 10.7 Å². The second-order valence-corrected chi connectivity index (χ2v) is 9.77. The van der Waals surface area contributed by atoms with Crippen LogP contribution in [0.1, 0.15) is 30.5 Å². The molecule has 40 heavy (non-hydrogen) atoms. The Morgan fingerprint density at radius 2 is 1.77 bits per heavy atom. The number of carbonyl (C=O) groups excluding carboxylic acids is 1. The summed E-state index contributed by atoms with van der Waals surface area (Å²) in [5.74, 6) is 1.18. The van der Waals surface area contributed by atoms with Crippen molar-refractivity contribution in [3.63, 3.8) is 0 Å². The van der Waals surface area contributed by atoms with E-state index < -0.39 is 0 Å². The Labute approximate surface area is 234 Å². The van der Waals surface area contributed by atoms with Crippen LogP contribution in [0.25, 0.3) is 0 Å². The largest absolute Gasteiger partial charge is 0.383 e. The number of para-hydroxylation sites is 1. The van der Waals surface area contributed by atoms with Gasteiger partial charge in [0, 0.05) is 10.1 Å². The summed E-state index contributed by atoms with van der Waals surface area (Å²) in [6, 6.07) is 21.3. The van der Waals surface area contributed by atoms with Crippen LogP contribution in [0.3, 0.4) is 0 Å². The first kappa shape index (κ1) is 31.8. The summed E-state index contributed by atoms with van der Waals surface area (Å²) in [6.45, 7) is 4.31. The molecule has 0 atom stereocenters. The minimum absolute atomic E-state index is 0. The predicted octanol–water partition coefficient (Wildman–Crippen LogP) is 5.99. The number of benzene rings is 3. The average Bonchev–Trinajstić information content (AvgIpc) is 3.29. The Hall–Kier alpha value is -4.45. The van der Waals surface area contributed by atoms with Gasteiger partial charge in [0.2, 0.25) is 5.91 Å². The molecule has 1 amide bonds. The van der Waals surface area contributed by atoms with Gasteiger partial charge in [-0.2, -0.15) is 5.10 Å². The highest BCUT2D eigenvalue weighted by molar-refractivity contribution is 8.15. The highest BCUT2D eigenvalue weighted by atomic mass is 32.2. The third kappa shape index (κ3) is 8.27. The SMILES string of the molecule is CC(C)Cc1ccccc1N1C(=O)CS/C1=N\N=C\c1ccc(C(N)=NC=Nc2ccc(OF)cc2)cc1.F.F. The summed E-state index contributed by atoms with van der Waals surface area (Å²) < 4.78 is 12.1. The summed E-state index contributed by atoms with van der Waals surface area (Å²) in [6.07, 6.45) is 3.82. The third-order valence-corrected chi connectivity index (χ3v) is 6.43. The monoisotopic (exact) mass is 570 g/mol. The van der Waals surface area contributed by atoms with Crippen LogP contribution in [-0.2, 0) is 11.2 Å². The van der Waals surface area contributed by atoms with Crippen LogP contribution in [0.15, 0.2) is 93.0 Å². The fourth-order valence-corrected chi connectivity index (χ4v) is 4.53. The fraction of sp³-hybridized carbons (Fsp3) is 0.179. The van der Waals surface area contributed by atoms with Crippen molar-refractivity contribution < 1.29 is 23.7 Å². The summed E-state index contributed by atoms with van der Waals surface area (Å²) in [7, 11) is 0. The Morgan fingerprint density at radius 3 is 2.45 bits per heavy atom. The van der Waals surface area contributed by atoms with E-state index in [2.05, 4.69) is 45.0 Å². The number of hydrogen-bond donors (Lipinski definition) is 1. The van der Waals surface area contributed by atoms with Gasteiger partial charge in [-0.15, -0.1) is 5.10 Å². The molecule has 12 heteroatoms. The molecule has 1 fully saturated rings. The zero-order chi connectivity index (χ0) is 26.9. The standard InChI is InChI=1S/C28H27FN6O2S.2FH/c1-19(2)15-22-5-3-4-6-25(22)35-26(36)17-38-28(35)34-33-16-20-7-9-21(10-8-20)27(30)32-18-31-23-11-13-24(37-29)14-12-23;;/h3-14,16,18-19H,15,17H2,1-2H3,(H2,30,31,32);2*1H/b33-16+,34-28-;;. The molecule has 0 unspecified atom stereocenters. The molecule has 0 spiro atoms. The smallest absolute Gasteiger partial charge is 0.243 e. The lowest BCUT2D eigenvalue weighted by molar-refractivity contribution is -0.115. The maximum atomic E-state index is 12.7. The van der Waals surface area contributed by atoms with Crippen molar-refractivity contribution in [1.82, 2.24) is 0 Å². The van der Waals surface area contributed by atoms with E-state index in [0.717, 1.165) is 23.2 Å². The molecule has 1 saturated heterocycles. The van der Waals surface area contributed by atoms with E-state index in [-0.39, 0.29) is 26.9 Å². The van der Waals surface area contributed by atoms with Crippen LogP contribution >= 0.6 is 11.8 Å². The predicted molar refractivity (Wildman–Crippen MR) is 158 cm³/mol. The molecule has 0 bridgehead atoms. The maximum Gasteiger partial charge on any atom is 0.243 e. The first-order chi connectivity index (χ1) is 18.4. The third-order valence-electron chi connectivity index (χ3n) is 5.51. The number of aliphatic imine (C=N–C) groups is 2. The molecule has 210 valence electrons. The van der Waals surface area contributed by atoms with Crippen molar-refractivity contribution in [3.8, 4) is 5.75 Å². The molecule has 0 radical (unpaired) electrons. The van der Waals surface area contributed by atoms with E-state index in [0.29, 0.717) is 28.1 Å². The van der Waals surface area contributed by atoms with E-state index in [1.807, 2.05) is 42.5 Å². The van der Waals surface area contributed by atoms with Crippen LogP contribution in [0.4, 0.5) is 25.3 Å². The summed E-state index contributed by atoms with van der Waals surface area (Å²) in [5, 5.41) is 9.13. The zero-order valence-corrected chi connectivity index (χ0v) is 22.6. The lowest BCUT2D eigenvalue weighted by Gasteiger charge is -2.20. The molecule has 0 aliphatic carbocycles. The number of nitrogens with two attached hydrogens (primary N) is 1. The van der Waals surface area contributed by atoms with Gasteiger partial charge in [-0.25, -0.2) is 9.98 Å². The molecule has 4 rings (SSSR count). The molecular formula is C28H29F3N6O2S. The van der Waals surface area contributed by atoms with Crippen LogP contribution < -0.4 is 15.6 Å². The van der Waals surface area contributed by atoms with E-state index in [4.69, 9.17) is 5.73 Å². The number of anilines is 1. The van der Waals surface area contributed by atoms with Gasteiger partial charge in [0.25, 0.3) is 0 Å². The second-order valence-electron chi connectivity index (χ2n) is 8.82. The van der Waals surface area contributed by atoms with Crippen molar-refractivity contribution in [2.24, 2.45) is 31.8 Å². The quantitative estimate of drug-likeness (QED) is 0.194. The van der Waals surface area contributed by atoms with E-state index in [1.165, 1.54) is 30.2 Å². The maximum absolute atomic E-state index is 12.7. The molecule has 8 nitrogen and oxygen atoms in total. The molecule has 0 saturated carbocycles. The van der Waals surface area contributed by atoms with Gasteiger partial charge in [0.15, 0.2) is 10.9 Å². The lowest BCUT2D eigenvalue weighted by atomic mass is 10.0. The number of nitrogens with zero attached hydrogens (tertiary/aromatic N) is 5. The van der Waals surface area contributed by atoms with E-state index in [9.17, 15) is 9.32 Å². The van der Waals surface area contributed by atoms with Crippen LogP contribution in [0.2, 0.25) is 0 Å². The Kier molecular flexibility index (Phi) is 12.1. The minimum Gasteiger partial charge on any atom is -0.383 e. The number of carbonyl (C=O) groups is 1. The Bertz CT molecular complexity index is 1390. The normalized spacial score (nSPS) is 14.7. The van der Waals surface area contributed by atoms with Crippen LogP contribution in [0, 0.1) is 5.92 Å². The second kappa shape index (κ2) is 15.2. The zero-order valence-electron chi connectivity index (χ0n) is 21.8. The van der Waals surface area contributed by atoms with E-state index >= 15 is 0 Å². The number of rotatable bonds is 9. The number of thioether (sulfide) groups is 1. The molecule has 2 N–H and O–H groups in total. The Morgan fingerprint density at radius 1 is 1.07 bits per heavy atom. The first-order valence-corrected chi connectivity index (χ1v) is 12.9. The molecule has 3 aromatic carbocycles. The van der Waals surface area contributed by atoms with Crippen molar-refractivity contribution in [3.05, 3.63) is 89.5 Å². The number of hydrogen-bond acceptors (Lipinski definition) is 6. The van der Waals surface area contributed by atoms with Crippen molar-refractivity contribution in [1.29, 1.82) is 0 Å². The summed E-state index contributed by atoms with van der Waals surface area (Å²) in [4.78, 5) is 26.3. The summed E-state index contributed by atoms with van der Waals surface area (Å²) >= 11 is 1.38. The topological polar surface area (TPSA) is 105 Å². The van der Waals surface area contributed by atoms with Crippen LogP contribution in [0.5, 0.6) is 5.75 Å². The number of amidine groups is 2. The van der Waals surface area contributed by atoms with Crippen molar-refractivity contribution in [2.45, 2.75) is 20.3 Å². The van der Waals surface area contributed by atoms with Gasteiger partial charge in [0.05, 0.1) is 23.3 Å². The first-order valence-electron chi connectivity index (χ1n) is 11.9. The van der Waals surface area contributed by atoms with Gasteiger partial charge < -0.3 is 5.73 Å². The van der Waals surface area contributed by atoms with Gasteiger partial charge >= 0.3 is 0 Å². The molecule has 3 aromatic rings. The highest BCUT2D eigenvalue weighted by Gasteiger charge is 2.31. The molecule has 1 aliphatic heterocycles. The van der Waals surface area contributed by atoms with Crippen LogP contribution in [-0.4, -0.2) is 35.2 Å². The number of halogens is 3. The van der Waals surface area contributed by atoms with Gasteiger partial charge in [0.1, 0.15) is 12.2 Å². The number of amides is 1. The highest BCUT2D eigenvalue weighted by Crippen LogP contribution is 2.31. The average molecular weight is 571 g/mol. The summed E-state index contributed by atoms with van der Waals surface area (Å²) in [5.41, 5.74) is 10.1. The Balaban J connectivity index is 0.00000280. The lowest BCUT2D eigenvalue weighted by Crippen LogP contribution is -2.30. The van der Waals surface area contributed by atoms with Gasteiger partial charge in [-0.05, 0) is 53.8 Å².